The van der Waals surface area contributed by atoms with Gasteiger partial charge >= 0.3 is 0 Å². The molecule has 0 aliphatic rings. The Morgan fingerprint density at radius 2 is 2.19 bits per heavy atom. The van der Waals surface area contributed by atoms with Gasteiger partial charge in [-0.15, -0.1) is 11.3 Å². The summed E-state index contributed by atoms with van der Waals surface area (Å²) in [6.45, 7) is 1.67. The number of nitrogen functional groups attached to an aromatic ring is 1. The Morgan fingerprint density at radius 3 is 2.76 bits per heavy atom. The van der Waals surface area contributed by atoms with Gasteiger partial charge in [0.2, 0.25) is 10.0 Å². The highest BCUT2D eigenvalue weighted by Crippen LogP contribution is 2.35. The quantitative estimate of drug-likeness (QED) is 0.589. The van der Waals surface area contributed by atoms with Crippen LogP contribution in [0.3, 0.4) is 0 Å². The van der Waals surface area contributed by atoms with Crippen molar-refractivity contribution in [1.82, 2.24) is 4.72 Å². The summed E-state index contributed by atoms with van der Waals surface area (Å²) in [6.07, 6.45) is 0. The Bertz CT molecular complexity index is 766. The van der Waals surface area contributed by atoms with Crippen LogP contribution in [0.15, 0.2) is 32.9 Å². The zero-order valence-electron chi connectivity index (χ0n) is 10.7. The maximum atomic E-state index is 14.1. The fraction of sp³-hybridized carbons (Fsp3) is 0.167. The molecule has 0 spiro atoms. The summed E-state index contributed by atoms with van der Waals surface area (Å²) >= 11 is 10.3. The summed E-state index contributed by atoms with van der Waals surface area (Å²) in [5.74, 6) is -1.03. The van der Waals surface area contributed by atoms with E-state index in [0.717, 1.165) is 10.9 Å². The van der Waals surface area contributed by atoms with Gasteiger partial charge in [0.15, 0.2) is 5.82 Å². The van der Waals surface area contributed by atoms with Crippen molar-refractivity contribution in [3.8, 4) is 0 Å². The van der Waals surface area contributed by atoms with Crippen LogP contribution in [0.4, 0.5) is 10.1 Å². The minimum atomic E-state index is -4.08. The Hall–Kier alpha value is -0.670. The van der Waals surface area contributed by atoms with E-state index >= 15 is 0 Å². The topological polar surface area (TPSA) is 72.2 Å². The molecule has 4 nitrogen and oxygen atoms in total. The molecule has 0 aliphatic carbocycles. The first-order valence-corrected chi connectivity index (χ1v) is 9.26. The van der Waals surface area contributed by atoms with Crippen molar-refractivity contribution in [2.75, 3.05) is 5.73 Å². The second-order valence-corrected chi connectivity index (χ2v) is 8.12. The van der Waals surface area contributed by atoms with Crippen molar-refractivity contribution in [2.24, 2.45) is 0 Å². The second kappa shape index (κ2) is 6.21. The van der Waals surface area contributed by atoms with E-state index in [-0.39, 0.29) is 15.2 Å². The van der Waals surface area contributed by atoms with E-state index < -0.39 is 26.8 Å². The van der Waals surface area contributed by atoms with Crippen LogP contribution in [0.25, 0.3) is 0 Å². The van der Waals surface area contributed by atoms with E-state index in [4.69, 9.17) is 17.3 Å². The first kappa shape index (κ1) is 16.7. The molecule has 1 aromatic heterocycles. The first-order valence-electron chi connectivity index (χ1n) is 5.72. The standard InChI is InChI=1S/C12H11BrClFN2O2S2/c1-6(8-3-2-4-20-8)17-21(18,19)9-5-7(14)10(13)12(16)11(9)15/h2-6,17H,16H2,1H3. The van der Waals surface area contributed by atoms with Crippen molar-refractivity contribution in [2.45, 2.75) is 17.9 Å². The second-order valence-electron chi connectivity index (χ2n) is 4.26. The average Bonchev–Trinajstić information content (AvgIpc) is 2.94. The number of nitrogens with one attached hydrogen (secondary N) is 1. The largest absolute Gasteiger partial charge is 0.395 e. The van der Waals surface area contributed by atoms with Crippen molar-refractivity contribution in [3.05, 3.63) is 43.8 Å². The van der Waals surface area contributed by atoms with Gasteiger partial charge in [-0.25, -0.2) is 17.5 Å². The zero-order valence-corrected chi connectivity index (χ0v) is 14.7. The number of benzene rings is 1. The highest BCUT2D eigenvalue weighted by atomic mass is 79.9. The van der Waals surface area contributed by atoms with Crippen molar-refractivity contribution in [3.63, 3.8) is 0 Å². The molecule has 0 amide bonds. The first-order chi connectivity index (χ1) is 9.74. The van der Waals surface area contributed by atoms with Gasteiger partial charge in [0.1, 0.15) is 4.90 Å². The number of sulfonamides is 1. The Balaban J connectivity index is 2.41. The third-order valence-corrected chi connectivity index (χ3v) is 6.72. The summed E-state index contributed by atoms with van der Waals surface area (Å²) in [5.41, 5.74) is 5.17. The lowest BCUT2D eigenvalue weighted by Gasteiger charge is -2.15. The molecule has 114 valence electrons. The summed E-state index contributed by atoms with van der Waals surface area (Å²) in [7, 11) is -4.08. The predicted molar refractivity (Wildman–Crippen MR) is 86.6 cm³/mol. The van der Waals surface area contributed by atoms with Crippen LogP contribution in [0.2, 0.25) is 5.02 Å². The van der Waals surface area contributed by atoms with E-state index in [1.165, 1.54) is 11.3 Å². The van der Waals surface area contributed by atoms with Crippen molar-refractivity contribution in [1.29, 1.82) is 0 Å². The van der Waals surface area contributed by atoms with E-state index in [0.29, 0.717) is 0 Å². The van der Waals surface area contributed by atoms with Gasteiger partial charge in [-0.1, -0.05) is 17.7 Å². The van der Waals surface area contributed by atoms with Gasteiger partial charge in [-0.05, 0) is 40.4 Å². The van der Waals surface area contributed by atoms with Gasteiger partial charge in [-0.2, -0.15) is 0 Å². The van der Waals surface area contributed by atoms with E-state index in [2.05, 4.69) is 20.7 Å². The third-order valence-electron chi connectivity index (χ3n) is 2.75. The van der Waals surface area contributed by atoms with Gasteiger partial charge in [0, 0.05) is 4.88 Å². The molecule has 21 heavy (non-hydrogen) atoms. The molecule has 1 unspecified atom stereocenters. The monoisotopic (exact) mass is 412 g/mol. The molecule has 0 fully saturated rings. The predicted octanol–water partition coefficient (Wildman–Crippen LogP) is 3.92. The fourth-order valence-electron chi connectivity index (χ4n) is 1.69. The molecule has 0 aliphatic heterocycles. The Labute approximate surface area is 139 Å². The Morgan fingerprint density at radius 1 is 1.52 bits per heavy atom. The lowest BCUT2D eigenvalue weighted by molar-refractivity contribution is 0.549. The normalized spacial score (nSPS) is 13.3. The highest BCUT2D eigenvalue weighted by Gasteiger charge is 2.26. The molecule has 0 bridgehead atoms. The smallest absolute Gasteiger partial charge is 0.244 e. The van der Waals surface area contributed by atoms with E-state index in [1.807, 2.05) is 5.38 Å². The van der Waals surface area contributed by atoms with Crippen LogP contribution in [0, 0.1) is 5.82 Å². The summed E-state index contributed by atoms with van der Waals surface area (Å²) in [6, 6.07) is 4.13. The number of thiophene rings is 1. The van der Waals surface area contributed by atoms with Crippen molar-refractivity contribution >= 4 is 54.6 Å². The third kappa shape index (κ3) is 3.40. The van der Waals surface area contributed by atoms with Crippen LogP contribution < -0.4 is 10.5 Å². The van der Waals surface area contributed by atoms with E-state index in [9.17, 15) is 12.8 Å². The summed E-state index contributed by atoms with van der Waals surface area (Å²) in [5, 5.41) is 1.85. The van der Waals surface area contributed by atoms with Crippen LogP contribution in [-0.2, 0) is 10.0 Å². The molecule has 2 aromatic rings. The van der Waals surface area contributed by atoms with Crippen LogP contribution in [0.5, 0.6) is 0 Å². The SMILES string of the molecule is CC(NS(=O)(=O)c1cc(Cl)c(Br)c(N)c1F)c1cccs1. The summed E-state index contributed by atoms with van der Waals surface area (Å²) < 4.78 is 41.2. The van der Waals surface area contributed by atoms with Gasteiger partial charge < -0.3 is 5.73 Å². The molecule has 2 rings (SSSR count). The molecule has 9 heteroatoms. The number of hydrogen-bond acceptors (Lipinski definition) is 4. The zero-order chi connectivity index (χ0) is 15.8. The van der Waals surface area contributed by atoms with Gasteiger partial charge in [-0.3, -0.25) is 0 Å². The minimum absolute atomic E-state index is 0.0260. The van der Waals surface area contributed by atoms with Crippen LogP contribution >= 0.6 is 38.9 Å². The number of rotatable bonds is 4. The van der Waals surface area contributed by atoms with Crippen LogP contribution in [0.1, 0.15) is 17.8 Å². The average molecular weight is 414 g/mol. The Kier molecular flexibility index (Phi) is 4.94. The van der Waals surface area contributed by atoms with Gasteiger partial charge in [0.05, 0.1) is 21.2 Å². The number of halogens is 3. The van der Waals surface area contributed by atoms with E-state index in [1.54, 1.807) is 19.1 Å². The van der Waals surface area contributed by atoms with Crippen LogP contribution in [-0.4, -0.2) is 8.42 Å². The molecular formula is C12H11BrClFN2O2S2. The molecule has 1 aromatic carbocycles. The lowest BCUT2D eigenvalue weighted by atomic mass is 10.3. The molecule has 1 atom stereocenters. The maximum absolute atomic E-state index is 14.1. The molecule has 0 saturated heterocycles. The molecule has 3 N–H and O–H groups in total. The fourth-order valence-corrected chi connectivity index (χ4v) is 4.40. The number of nitrogens with two attached hydrogens (primary N) is 1. The lowest BCUT2D eigenvalue weighted by Crippen LogP contribution is -2.27. The molecule has 0 radical (unpaired) electrons. The number of hydrogen-bond donors (Lipinski definition) is 2. The maximum Gasteiger partial charge on any atom is 0.244 e. The summed E-state index contributed by atoms with van der Waals surface area (Å²) in [4.78, 5) is 0.242. The minimum Gasteiger partial charge on any atom is -0.395 e. The molecule has 1 heterocycles. The van der Waals surface area contributed by atoms with Crippen molar-refractivity contribution < 1.29 is 12.8 Å². The van der Waals surface area contributed by atoms with Gasteiger partial charge in [0.25, 0.3) is 0 Å². The number of anilines is 1. The highest BCUT2D eigenvalue weighted by molar-refractivity contribution is 9.10. The molecular weight excluding hydrogens is 403 g/mol. The molecule has 0 saturated carbocycles.